The number of amides is 2. The molecule has 2 heterocycles. The summed E-state index contributed by atoms with van der Waals surface area (Å²) in [6, 6.07) is 0.137. The van der Waals surface area contributed by atoms with Gasteiger partial charge in [0.1, 0.15) is 11.4 Å². The Morgan fingerprint density at radius 1 is 1.53 bits per heavy atom. The van der Waals surface area contributed by atoms with Gasteiger partial charge in [-0.15, -0.1) is 0 Å². The second-order valence-corrected chi connectivity index (χ2v) is 4.40. The monoisotopic (exact) mass is 235 g/mol. The van der Waals surface area contributed by atoms with E-state index in [1.165, 1.54) is 7.05 Å². The SMILES string of the molecule is CNC(=O)C1=CN(C)C2=CCCC(C)N2C1=O. The number of hydrogen-bond acceptors (Lipinski definition) is 3. The van der Waals surface area contributed by atoms with Gasteiger partial charge in [0.2, 0.25) is 0 Å². The maximum Gasteiger partial charge on any atom is 0.266 e. The molecular formula is C12H17N3O2. The Morgan fingerprint density at radius 3 is 2.88 bits per heavy atom. The van der Waals surface area contributed by atoms with E-state index in [0.29, 0.717) is 0 Å². The summed E-state index contributed by atoms with van der Waals surface area (Å²) >= 11 is 0. The van der Waals surface area contributed by atoms with Crippen LogP contribution >= 0.6 is 0 Å². The third-order valence-electron chi connectivity index (χ3n) is 3.20. The Morgan fingerprint density at radius 2 is 2.24 bits per heavy atom. The smallest absolute Gasteiger partial charge is 0.266 e. The average molecular weight is 235 g/mol. The van der Waals surface area contributed by atoms with Crippen molar-refractivity contribution in [3.05, 3.63) is 23.7 Å². The lowest BCUT2D eigenvalue weighted by molar-refractivity contribution is -0.132. The molecule has 2 rings (SSSR count). The number of hydrogen-bond donors (Lipinski definition) is 1. The van der Waals surface area contributed by atoms with E-state index in [2.05, 4.69) is 5.32 Å². The number of likely N-dealkylation sites (N-methyl/N-ethyl adjacent to an activating group) is 1. The molecular weight excluding hydrogens is 218 g/mol. The molecule has 2 amide bonds. The molecule has 1 atom stereocenters. The molecule has 0 fully saturated rings. The number of carbonyl (C=O) groups is 2. The number of carbonyl (C=O) groups excluding carboxylic acids is 2. The van der Waals surface area contributed by atoms with E-state index < -0.39 is 0 Å². The number of allylic oxidation sites excluding steroid dienone is 1. The van der Waals surface area contributed by atoms with Crippen LogP contribution in [0.5, 0.6) is 0 Å². The van der Waals surface area contributed by atoms with Crippen LogP contribution in [0, 0.1) is 0 Å². The van der Waals surface area contributed by atoms with Crippen molar-refractivity contribution in [1.82, 2.24) is 15.1 Å². The van der Waals surface area contributed by atoms with Gasteiger partial charge in [0.15, 0.2) is 0 Å². The summed E-state index contributed by atoms with van der Waals surface area (Å²) in [4.78, 5) is 27.4. The number of rotatable bonds is 1. The molecule has 0 aliphatic carbocycles. The Balaban J connectivity index is 2.42. The van der Waals surface area contributed by atoms with Gasteiger partial charge in [0.25, 0.3) is 11.8 Å². The van der Waals surface area contributed by atoms with Crippen molar-refractivity contribution in [2.24, 2.45) is 0 Å². The maximum absolute atomic E-state index is 12.2. The van der Waals surface area contributed by atoms with E-state index in [9.17, 15) is 9.59 Å². The molecule has 17 heavy (non-hydrogen) atoms. The van der Waals surface area contributed by atoms with Crippen LogP contribution in [-0.2, 0) is 9.59 Å². The highest BCUT2D eigenvalue weighted by Crippen LogP contribution is 2.29. The molecule has 0 aromatic carbocycles. The largest absolute Gasteiger partial charge is 0.355 e. The zero-order chi connectivity index (χ0) is 12.6. The van der Waals surface area contributed by atoms with Crippen LogP contribution in [0.1, 0.15) is 19.8 Å². The van der Waals surface area contributed by atoms with E-state index in [4.69, 9.17) is 0 Å². The Labute approximate surface area is 101 Å². The van der Waals surface area contributed by atoms with Crippen LogP contribution in [-0.4, -0.2) is 41.8 Å². The summed E-state index contributed by atoms with van der Waals surface area (Å²) in [6.45, 7) is 2.01. The molecule has 5 heteroatoms. The molecule has 92 valence electrons. The van der Waals surface area contributed by atoms with Gasteiger partial charge in [-0.25, -0.2) is 0 Å². The van der Waals surface area contributed by atoms with Gasteiger partial charge in [-0.2, -0.15) is 0 Å². The zero-order valence-corrected chi connectivity index (χ0v) is 10.4. The van der Waals surface area contributed by atoms with Crippen LogP contribution in [0.25, 0.3) is 0 Å². The zero-order valence-electron chi connectivity index (χ0n) is 10.4. The highest BCUT2D eigenvalue weighted by atomic mass is 16.2. The predicted octanol–water partition coefficient (Wildman–Crippen LogP) is 0.414. The normalized spacial score (nSPS) is 23.9. The van der Waals surface area contributed by atoms with Gasteiger partial charge in [-0.3, -0.25) is 14.5 Å². The van der Waals surface area contributed by atoms with E-state index in [1.807, 2.05) is 24.9 Å². The molecule has 2 aliphatic rings. The Bertz CT molecular complexity index is 425. The van der Waals surface area contributed by atoms with E-state index in [1.54, 1.807) is 11.1 Å². The minimum atomic E-state index is -0.335. The quantitative estimate of drug-likeness (QED) is 0.670. The van der Waals surface area contributed by atoms with E-state index >= 15 is 0 Å². The van der Waals surface area contributed by atoms with Crippen molar-refractivity contribution in [3.8, 4) is 0 Å². The van der Waals surface area contributed by atoms with Gasteiger partial charge in [0, 0.05) is 26.3 Å². The standard InChI is InChI=1S/C12H17N3O2/c1-8-5-4-6-10-14(3)7-9(11(16)13-2)12(17)15(8)10/h6-8H,4-5H2,1-3H3,(H,13,16). The summed E-state index contributed by atoms with van der Waals surface area (Å²) < 4.78 is 0. The van der Waals surface area contributed by atoms with E-state index in [-0.39, 0.29) is 23.4 Å². The average Bonchev–Trinajstić information content (AvgIpc) is 2.32. The molecule has 0 bridgehead atoms. The van der Waals surface area contributed by atoms with Crippen molar-refractivity contribution in [1.29, 1.82) is 0 Å². The summed E-state index contributed by atoms with van der Waals surface area (Å²) in [5.41, 5.74) is 0.195. The van der Waals surface area contributed by atoms with E-state index in [0.717, 1.165) is 18.7 Å². The molecule has 5 nitrogen and oxygen atoms in total. The maximum atomic E-state index is 12.2. The lowest BCUT2D eigenvalue weighted by Gasteiger charge is -2.41. The van der Waals surface area contributed by atoms with Crippen molar-refractivity contribution in [2.75, 3.05) is 14.1 Å². The van der Waals surface area contributed by atoms with Crippen molar-refractivity contribution >= 4 is 11.8 Å². The number of nitrogens with one attached hydrogen (secondary N) is 1. The molecule has 0 aromatic heterocycles. The second-order valence-electron chi connectivity index (χ2n) is 4.40. The number of nitrogens with zero attached hydrogens (tertiary/aromatic N) is 2. The Hall–Kier alpha value is -1.78. The summed E-state index contributed by atoms with van der Waals surface area (Å²) in [6.07, 6.45) is 5.54. The van der Waals surface area contributed by atoms with Crippen LogP contribution in [0.4, 0.5) is 0 Å². The van der Waals surface area contributed by atoms with Gasteiger partial charge < -0.3 is 10.2 Å². The first-order chi connectivity index (χ1) is 8.06. The van der Waals surface area contributed by atoms with Crippen molar-refractivity contribution < 1.29 is 9.59 Å². The molecule has 0 aromatic rings. The fourth-order valence-electron chi connectivity index (χ4n) is 2.26. The molecule has 0 spiro atoms. The first-order valence-electron chi connectivity index (χ1n) is 5.76. The molecule has 1 unspecified atom stereocenters. The minimum absolute atomic E-state index is 0.137. The highest BCUT2D eigenvalue weighted by molar-refractivity contribution is 6.19. The Kier molecular flexibility index (Phi) is 2.92. The van der Waals surface area contributed by atoms with Gasteiger partial charge in [-0.05, 0) is 25.8 Å². The summed E-state index contributed by atoms with van der Waals surface area (Å²) in [5.74, 6) is 0.334. The van der Waals surface area contributed by atoms with Crippen LogP contribution in [0.2, 0.25) is 0 Å². The van der Waals surface area contributed by atoms with Crippen molar-refractivity contribution in [3.63, 3.8) is 0 Å². The fraction of sp³-hybridized carbons (Fsp3) is 0.500. The topological polar surface area (TPSA) is 52.7 Å². The van der Waals surface area contributed by atoms with Crippen molar-refractivity contribution in [2.45, 2.75) is 25.8 Å². The minimum Gasteiger partial charge on any atom is -0.355 e. The van der Waals surface area contributed by atoms with Crippen LogP contribution in [0.3, 0.4) is 0 Å². The van der Waals surface area contributed by atoms with Gasteiger partial charge in [-0.1, -0.05) is 0 Å². The molecule has 2 aliphatic heterocycles. The van der Waals surface area contributed by atoms with Crippen LogP contribution < -0.4 is 5.32 Å². The van der Waals surface area contributed by atoms with Crippen LogP contribution in [0.15, 0.2) is 23.7 Å². The predicted molar refractivity (Wildman–Crippen MR) is 63.5 cm³/mol. The lowest BCUT2D eigenvalue weighted by Crippen LogP contribution is -2.49. The third kappa shape index (κ3) is 1.81. The molecule has 0 saturated carbocycles. The molecule has 0 radical (unpaired) electrons. The second kappa shape index (κ2) is 4.24. The summed E-state index contributed by atoms with van der Waals surface area (Å²) in [5, 5.41) is 2.50. The first kappa shape index (κ1) is 11.7. The summed E-state index contributed by atoms with van der Waals surface area (Å²) in [7, 11) is 3.38. The fourth-order valence-corrected chi connectivity index (χ4v) is 2.26. The first-order valence-corrected chi connectivity index (χ1v) is 5.76. The van der Waals surface area contributed by atoms with Gasteiger partial charge in [0.05, 0.1) is 0 Å². The van der Waals surface area contributed by atoms with Gasteiger partial charge >= 0.3 is 0 Å². The number of fused-ring (bicyclic) bond motifs is 1. The lowest BCUT2D eigenvalue weighted by atomic mass is 10.0. The molecule has 0 saturated heterocycles. The molecule has 1 N–H and O–H groups in total. The third-order valence-corrected chi connectivity index (χ3v) is 3.20. The highest BCUT2D eigenvalue weighted by Gasteiger charge is 2.36.